The molecule has 2 fully saturated rings. The summed E-state index contributed by atoms with van der Waals surface area (Å²) < 4.78 is 5.01. The lowest BCUT2D eigenvalue weighted by Gasteiger charge is -2.25. The summed E-state index contributed by atoms with van der Waals surface area (Å²) in [4.78, 5) is 12.4. The Morgan fingerprint density at radius 1 is 1.06 bits per heavy atom. The summed E-state index contributed by atoms with van der Waals surface area (Å²) in [5, 5.41) is 10.4. The van der Waals surface area contributed by atoms with E-state index in [-0.39, 0.29) is 12.1 Å². The van der Waals surface area contributed by atoms with Crippen LogP contribution in [0.3, 0.4) is 0 Å². The van der Waals surface area contributed by atoms with Gasteiger partial charge < -0.3 is 15.2 Å². The van der Waals surface area contributed by atoms with Gasteiger partial charge in [0, 0.05) is 17.1 Å². The molecule has 0 aliphatic heterocycles. The summed E-state index contributed by atoms with van der Waals surface area (Å²) in [6, 6.07) is 7.54. The second-order valence-electron chi connectivity index (χ2n) is 8.08. The molecular weight excluding hydrogens is 434 g/mol. The van der Waals surface area contributed by atoms with Crippen LogP contribution >= 0.6 is 11.6 Å². The number of aryl methyl sites for hydroxylation is 1. The summed E-state index contributed by atoms with van der Waals surface area (Å²) in [6.45, 7) is 10.2. The highest BCUT2D eigenvalue weighted by molar-refractivity contribution is 6.30. The summed E-state index contributed by atoms with van der Waals surface area (Å²) in [5.41, 5.74) is 1.94. The van der Waals surface area contributed by atoms with E-state index in [1.54, 1.807) is 6.20 Å². The maximum absolute atomic E-state index is 12.4. The molecule has 2 aliphatic rings. The standard InChI is InChI=1S/C18H22ClN3O2.C5H10.2C2H6/c1-12-15(11-21-24-12)10-20-18(23)22-17(13-5-2-3-6-13)14-7-4-8-16(19)9-14;1-2-4-5-3-1;2*1-2/h4,7-9,11,13,17H,2-3,5-6,10H2,1H3,(H2,20,22,23);1-5H2;2*1-2H3. The zero-order valence-electron chi connectivity index (χ0n) is 21.3. The number of nitrogens with one attached hydrogen (secondary N) is 2. The Morgan fingerprint density at radius 2 is 1.67 bits per heavy atom. The fourth-order valence-electron chi connectivity index (χ4n) is 4.20. The van der Waals surface area contributed by atoms with E-state index < -0.39 is 0 Å². The van der Waals surface area contributed by atoms with Crippen molar-refractivity contribution < 1.29 is 9.32 Å². The van der Waals surface area contributed by atoms with Crippen LogP contribution in [0.1, 0.15) is 108 Å². The highest BCUT2D eigenvalue weighted by Gasteiger charge is 2.28. The molecule has 2 amide bonds. The second kappa shape index (κ2) is 17.5. The van der Waals surface area contributed by atoms with Crippen LogP contribution in [0, 0.1) is 12.8 Å². The van der Waals surface area contributed by atoms with E-state index in [0.29, 0.717) is 17.5 Å². The SMILES string of the molecule is C1CCCC1.CC.CC.Cc1oncc1CNC(=O)NC(c1cccc(Cl)c1)C1CCCC1. The van der Waals surface area contributed by atoms with E-state index in [9.17, 15) is 4.79 Å². The Hall–Kier alpha value is -2.01. The third-order valence-electron chi connectivity index (χ3n) is 5.91. The van der Waals surface area contributed by atoms with Crippen molar-refractivity contribution in [3.8, 4) is 0 Å². The largest absolute Gasteiger partial charge is 0.361 e. The Bertz CT molecular complexity index is 761. The second-order valence-corrected chi connectivity index (χ2v) is 8.52. The third-order valence-corrected chi connectivity index (χ3v) is 6.14. The normalized spacial score (nSPS) is 15.7. The number of halogens is 1. The van der Waals surface area contributed by atoms with Crippen molar-refractivity contribution in [3.05, 3.63) is 52.4 Å². The van der Waals surface area contributed by atoms with Gasteiger partial charge >= 0.3 is 6.03 Å². The fraction of sp³-hybridized carbons (Fsp3) is 0.630. The van der Waals surface area contributed by atoms with Crippen molar-refractivity contribution in [2.24, 2.45) is 5.92 Å². The molecular formula is C27H44ClN3O2. The highest BCUT2D eigenvalue weighted by atomic mass is 35.5. The van der Waals surface area contributed by atoms with Gasteiger partial charge in [0.05, 0.1) is 12.2 Å². The van der Waals surface area contributed by atoms with Gasteiger partial charge in [0.15, 0.2) is 0 Å². The number of hydrogen-bond donors (Lipinski definition) is 2. The molecule has 2 aliphatic carbocycles. The number of amides is 2. The third kappa shape index (κ3) is 10.6. The molecule has 2 saturated carbocycles. The van der Waals surface area contributed by atoms with Crippen molar-refractivity contribution in [1.82, 2.24) is 15.8 Å². The molecule has 1 aromatic heterocycles. The van der Waals surface area contributed by atoms with Gasteiger partial charge in [-0.3, -0.25) is 0 Å². The molecule has 1 unspecified atom stereocenters. The van der Waals surface area contributed by atoms with Gasteiger partial charge in [-0.05, 0) is 43.4 Å². The number of urea groups is 1. The molecule has 0 saturated heterocycles. The lowest BCUT2D eigenvalue weighted by molar-refractivity contribution is 0.230. The Morgan fingerprint density at radius 3 is 2.18 bits per heavy atom. The molecule has 2 N–H and O–H groups in total. The molecule has 1 atom stereocenters. The first-order chi connectivity index (χ1) is 16.1. The molecule has 4 rings (SSSR count). The maximum atomic E-state index is 12.4. The van der Waals surface area contributed by atoms with Crippen LogP contribution in [-0.2, 0) is 6.54 Å². The minimum absolute atomic E-state index is 0.0187. The lowest BCUT2D eigenvalue weighted by atomic mass is 9.92. The topological polar surface area (TPSA) is 67.2 Å². The van der Waals surface area contributed by atoms with E-state index in [1.165, 1.54) is 44.9 Å². The number of rotatable bonds is 5. The minimum Gasteiger partial charge on any atom is -0.361 e. The number of hydrogen-bond acceptors (Lipinski definition) is 3. The highest BCUT2D eigenvalue weighted by Crippen LogP contribution is 2.36. The number of carbonyl (C=O) groups excluding carboxylic acids is 1. The van der Waals surface area contributed by atoms with Crippen LogP contribution in [-0.4, -0.2) is 11.2 Å². The van der Waals surface area contributed by atoms with Crippen molar-refractivity contribution in [1.29, 1.82) is 0 Å². The van der Waals surface area contributed by atoms with Gasteiger partial charge in [-0.25, -0.2) is 4.79 Å². The number of nitrogens with zero attached hydrogens (tertiary/aromatic N) is 1. The summed E-state index contributed by atoms with van der Waals surface area (Å²) in [6.07, 6.45) is 13.8. The van der Waals surface area contributed by atoms with Gasteiger partial charge in [-0.1, -0.05) is 102 Å². The summed E-state index contributed by atoms with van der Waals surface area (Å²) in [5.74, 6) is 1.17. The van der Waals surface area contributed by atoms with E-state index in [2.05, 4.69) is 15.8 Å². The van der Waals surface area contributed by atoms with E-state index in [4.69, 9.17) is 16.1 Å². The zero-order valence-corrected chi connectivity index (χ0v) is 22.0. The molecule has 2 aromatic rings. The Labute approximate surface area is 206 Å². The predicted molar refractivity (Wildman–Crippen MR) is 139 cm³/mol. The lowest BCUT2D eigenvalue weighted by Crippen LogP contribution is -2.40. The molecule has 0 bridgehead atoms. The summed E-state index contributed by atoms with van der Waals surface area (Å²) in [7, 11) is 0. The smallest absolute Gasteiger partial charge is 0.315 e. The van der Waals surface area contributed by atoms with Gasteiger partial charge in [0.1, 0.15) is 5.76 Å². The van der Waals surface area contributed by atoms with Crippen LogP contribution in [0.15, 0.2) is 35.0 Å². The average molecular weight is 478 g/mol. The quantitative estimate of drug-likeness (QED) is 0.454. The number of carbonyl (C=O) groups is 1. The van der Waals surface area contributed by atoms with E-state index in [0.717, 1.165) is 29.7 Å². The molecule has 1 heterocycles. The van der Waals surface area contributed by atoms with Crippen molar-refractivity contribution in [3.63, 3.8) is 0 Å². The zero-order chi connectivity index (χ0) is 24.5. The van der Waals surface area contributed by atoms with Crippen molar-refractivity contribution in [2.75, 3.05) is 0 Å². The fourth-order valence-corrected chi connectivity index (χ4v) is 4.40. The molecule has 0 radical (unpaired) electrons. The molecule has 5 nitrogen and oxygen atoms in total. The molecule has 0 spiro atoms. The number of benzene rings is 1. The Kier molecular flexibility index (Phi) is 15.4. The summed E-state index contributed by atoms with van der Waals surface area (Å²) >= 11 is 6.13. The van der Waals surface area contributed by atoms with E-state index >= 15 is 0 Å². The first-order valence-electron chi connectivity index (χ1n) is 12.8. The average Bonchev–Trinajstić information content (AvgIpc) is 3.64. The monoisotopic (exact) mass is 477 g/mol. The number of aromatic nitrogens is 1. The first kappa shape index (κ1) is 29.0. The minimum atomic E-state index is -0.188. The first-order valence-corrected chi connectivity index (χ1v) is 13.2. The molecule has 33 heavy (non-hydrogen) atoms. The van der Waals surface area contributed by atoms with Gasteiger partial charge in [-0.15, -0.1) is 0 Å². The van der Waals surface area contributed by atoms with Gasteiger partial charge in [0.2, 0.25) is 0 Å². The maximum Gasteiger partial charge on any atom is 0.315 e. The van der Waals surface area contributed by atoms with Crippen LogP contribution < -0.4 is 10.6 Å². The van der Waals surface area contributed by atoms with Crippen LogP contribution in [0.4, 0.5) is 4.79 Å². The van der Waals surface area contributed by atoms with Crippen molar-refractivity contribution >= 4 is 17.6 Å². The molecule has 186 valence electrons. The van der Waals surface area contributed by atoms with Crippen molar-refractivity contribution in [2.45, 2.75) is 105 Å². The van der Waals surface area contributed by atoms with Crippen LogP contribution in [0.25, 0.3) is 0 Å². The molecule has 6 heteroatoms. The van der Waals surface area contributed by atoms with E-state index in [1.807, 2.05) is 58.9 Å². The van der Waals surface area contributed by atoms with Crippen LogP contribution in [0.5, 0.6) is 0 Å². The van der Waals surface area contributed by atoms with Crippen LogP contribution in [0.2, 0.25) is 5.02 Å². The van der Waals surface area contributed by atoms with Gasteiger partial charge in [0.25, 0.3) is 0 Å². The predicted octanol–water partition coefficient (Wildman–Crippen LogP) is 8.37. The van der Waals surface area contributed by atoms with Gasteiger partial charge in [-0.2, -0.15) is 0 Å². The Balaban J connectivity index is 0.000000517. The molecule has 1 aromatic carbocycles.